The summed E-state index contributed by atoms with van der Waals surface area (Å²) in [4.78, 5) is 5.71. The first-order chi connectivity index (χ1) is 6.79. The Hall–Kier alpha value is 1.44. The van der Waals surface area contributed by atoms with E-state index in [9.17, 15) is 0 Å². The van der Waals surface area contributed by atoms with Gasteiger partial charge in [0.15, 0.2) is 24.8 Å². The molecule has 0 amide bonds. The van der Waals surface area contributed by atoms with Crippen LogP contribution in [-0.2, 0) is 253 Å². The zero-order chi connectivity index (χ0) is 10.2. The second-order valence-corrected chi connectivity index (χ2v) is 2.67. The summed E-state index contributed by atoms with van der Waals surface area (Å²) in [5.74, 6) is 0. The minimum absolute atomic E-state index is 0. The zero-order valence-electron chi connectivity index (χ0n) is 22.8. The van der Waals surface area contributed by atoms with Crippen LogP contribution in [0, 0.1) is 0 Å². The number of aromatic amines is 2. The SMILES string of the molecule is Nc1cc[nH+]cc1.Nc1cc[nH+]cc1.O.O.[Cr+6].[Mo].[Mo].[Mo].[Mo].[Mo].[Mo].[O-2].[O-2].[O-2].[O-2].[O-2].[O-2].[O-2].[O-2].[O-2].[O-2].[O-2].[O-2].[O-2].[O-2].[O-2].[O-2].[O-2].[O-2].[OH-].[OH-].[OH-].[OH-].[OH-].[OH-].[OH3+].[OH3+]. The van der Waals surface area contributed by atoms with Gasteiger partial charge in [-0.1, -0.05) is 0 Å². The smallest absolute Gasteiger partial charge is 2.00 e. The van der Waals surface area contributed by atoms with Crippen LogP contribution in [-0.4, -0.2) is 43.8 Å². The van der Waals surface area contributed by atoms with E-state index in [1.807, 2.05) is 0 Å². The fourth-order valence-corrected chi connectivity index (χ4v) is 0.800. The first kappa shape index (κ1) is 517. The van der Waals surface area contributed by atoms with Gasteiger partial charge in [-0.3, -0.25) is 0 Å². The van der Waals surface area contributed by atoms with Crippen molar-refractivity contribution in [1.82, 2.24) is 0 Å². The number of nitrogens with two attached hydrogens (primary N) is 2. The van der Waals surface area contributed by atoms with Crippen LogP contribution in [0.4, 0.5) is 11.4 Å². The second-order valence-electron chi connectivity index (χ2n) is 2.67. The van der Waals surface area contributed by atoms with E-state index in [0.717, 1.165) is 11.4 Å². The molecule has 0 unspecified atom stereocenters. The minimum Gasteiger partial charge on any atom is -2.00 e. The first-order valence-corrected chi connectivity index (χ1v) is 4.22. The predicted octanol–water partition coefficient (Wildman–Crippen LogP) is -6.54. The number of H-pyrrole nitrogens is 2. The maximum Gasteiger partial charge on any atom is 6.00 e. The number of nitrogens with one attached hydrogen (secondary N) is 2. The van der Waals surface area contributed by atoms with Crippen LogP contribution in [0.15, 0.2) is 49.1 Å². The minimum atomic E-state index is 0. The molecular weight excluding hydrogens is 1250 g/mol. The van der Waals surface area contributed by atoms with Crippen molar-refractivity contribution in [3.8, 4) is 0 Å². The number of rotatable bonds is 0. The molecule has 0 radical (unpaired) electrons. The molecule has 0 aliphatic heterocycles. The molecule has 332 valence electrons. The van der Waals surface area contributed by atoms with Crippen molar-refractivity contribution in [2.75, 3.05) is 11.5 Å². The Bertz CT molecular complexity index is 381. The molecule has 0 atom stereocenters. The van der Waals surface area contributed by atoms with Gasteiger partial charge >= 0.3 is 17.4 Å². The van der Waals surface area contributed by atoms with Gasteiger partial charge in [0.25, 0.3) is 0 Å². The molecule has 49 heavy (non-hydrogen) atoms. The molecule has 0 aromatic carbocycles. The van der Waals surface area contributed by atoms with Gasteiger partial charge in [0.05, 0.1) is 0 Å². The topological polar surface area (TPSA) is 902 Å². The van der Waals surface area contributed by atoms with Crippen LogP contribution in [0.25, 0.3) is 0 Å². The molecule has 0 saturated heterocycles. The van der Waals surface area contributed by atoms with Gasteiger partial charge in [-0.15, -0.1) is 0 Å². The van der Waals surface area contributed by atoms with Crippen molar-refractivity contribution in [1.29, 1.82) is 0 Å². The van der Waals surface area contributed by atoms with E-state index in [1.165, 1.54) is 0 Å². The molecule has 0 fully saturated rings. The zero-order valence-corrected chi connectivity index (χ0v) is 36.1. The predicted molar refractivity (Wildman–Crippen MR) is 95.8 cm³/mol. The number of aromatic nitrogens is 2. The molecule has 39 heteroatoms. The first-order valence-electron chi connectivity index (χ1n) is 4.22. The van der Waals surface area contributed by atoms with Crippen LogP contribution in [0.1, 0.15) is 0 Å². The maximum absolute atomic E-state index is 5.34. The van der Waals surface area contributed by atoms with Gasteiger partial charge in [0.1, 0.15) is 0 Å². The third kappa shape index (κ3) is 366. The monoisotopic (exact) mass is 1290 g/mol. The normalized spacial score (nSPS) is 2.45. The summed E-state index contributed by atoms with van der Waals surface area (Å²) < 4.78 is 0. The van der Waals surface area contributed by atoms with Crippen molar-refractivity contribution in [2.24, 2.45) is 0 Å². The summed E-state index contributed by atoms with van der Waals surface area (Å²) in [5.41, 5.74) is 12.3. The molecule has 0 aliphatic rings. The maximum atomic E-state index is 5.34. The standard InChI is InChI=1S/2C5H6N2.Cr.6Mo.10H2O.18O/c2*6-5-1-3-7-4-2-5;;;;;;;;;;;;;;;;;;;;;;;;;;;;;;;;;;;/h2*1-4H,(H2,6,7);;;;;;;;10*1H2;;;;;;;;;;;;;;;;;;/q;;+6;;;;;;;;;;;;;;;;;18*-2/p-2. The molecule has 22 N–H and O–H groups in total. The number of hydrogen-bond donors (Lipinski definition) is 2. The van der Waals surface area contributed by atoms with Crippen molar-refractivity contribution < 1.29 is 307 Å². The van der Waals surface area contributed by atoms with Crippen LogP contribution in [0.3, 0.4) is 0 Å². The molecule has 0 aliphatic carbocycles. The molecule has 0 spiro atoms. The molecule has 2 aromatic rings. The quantitative estimate of drug-likeness (QED) is 0.188. The van der Waals surface area contributed by atoms with Crippen LogP contribution in [0.2, 0.25) is 0 Å². The molecular formula is C10H30CrMo6N4O28-32. The largest absolute Gasteiger partial charge is 6.00 e. The summed E-state index contributed by atoms with van der Waals surface area (Å²) >= 11 is 0. The summed E-state index contributed by atoms with van der Waals surface area (Å²) in [7, 11) is 0. The van der Waals surface area contributed by atoms with Crippen molar-refractivity contribution >= 4 is 11.4 Å². The second kappa shape index (κ2) is 381. The van der Waals surface area contributed by atoms with Gasteiger partial charge in [0.2, 0.25) is 0 Å². The molecule has 32 nitrogen and oxygen atoms in total. The summed E-state index contributed by atoms with van der Waals surface area (Å²) in [5, 5.41) is 0. The van der Waals surface area contributed by atoms with E-state index < -0.39 is 0 Å². The van der Waals surface area contributed by atoms with E-state index in [4.69, 9.17) is 11.5 Å². The van der Waals surface area contributed by atoms with Gasteiger partial charge in [-0.05, 0) is 0 Å². The van der Waals surface area contributed by atoms with E-state index in [0.29, 0.717) is 0 Å². The number of anilines is 2. The van der Waals surface area contributed by atoms with E-state index in [1.54, 1.807) is 49.1 Å². The molecule has 2 heterocycles. The van der Waals surface area contributed by atoms with Crippen LogP contribution < -0.4 is 21.4 Å². The van der Waals surface area contributed by atoms with E-state index in [-0.39, 0.29) is 297 Å². The third-order valence-corrected chi connectivity index (χ3v) is 1.49. The summed E-state index contributed by atoms with van der Waals surface area (Å²) in [6, 6.07) is 7.22. The Kier molecular flexibility index (Phi) is 4020. The van der Waals surface area contributed by atoms with Crippen molar-refractivity contribution in [3.63, 3.8) is 0 Å². The van der Waals surface area contributed by atoms with E-state index in [2.05, 4.69) is 9.97 Å². The Morgan fingerprint density at radius 1 is 0.306 bits per heavy atom. The van der Waals surface area contributed by atoms with Gasteiger partial charge in [0, 0.05) is 162 Å². The number of nitrogen functional groups attached to an aromatic ring is 2. The molecule has 0 bridgehead atoms. The Labute approximate surface area is 375 Å². The van der Waals surface area contributed by atoms with Crippen LogP contribution in [0.5, 0.6) is 0 Å². The summed E-state index contributed by atoms with van der Waals surface area (Å²) in [6.45, 7) is 0. The molecule has 2 aromatic heterocycles. The molecule has 2 rings (SSSR count). The van der Waals surface area contributed by atoms with Gasteiger partial charge < -0.3 is 165 Å². The Morgan fingerprint density at radius 2 is 0.388 bits per heavy atom. The van der Waals surface area contributed by atoms with Crippen molar-refractivity contribution in [2.45, 2.75) is 0 Å². The average Bonchev–Trinajstić information content (AvgIpc) is 2.21. The Morgan fingerprint density at radius 3 is 0.429 bits per heavy atom. The van der Waals surface area contributed by atoms with Gasteiger partial charge in [-0.25, -0.2) is 9.97 Å². The fourth-order valence-electron chi connectivity index (χ4n) is 0.800. The van der Waals surface area contributed by atoms with Gasteiger partial charge in [-0.2, -0.15) is 0 Å². The average molecular weight is 1280 g/mol. The van der Waals surface area contributed by atoms with Crippen molar-refractivity contribution in [3.05, 3.63) is 49.1 Å². The number of hydrogen-bond acceptors (Lipinski definition) is 8. The molecule has 0 saturated carbocycles. The van der Waals surface area contributed by atoms with Crippen LogP contribution >= 0.6 is 0 Å². The number of pyridine rings is 2. The summed E-state index contributed by atoms with van der Waals surface area (Å²) in [6.07, 6.45) is 7.15. The Balaban J connectivity index is -0.00000000141. The third-order valence-electron chi connectivity index (χ3n) is 1.49. The fraction of sp³-hybridized carbons (Fsp3) is 0. The van der Waals surface area contributed by atoms with E-state index >= 15 is 0 Å².